The zero-order valence-electron chi connectivity index (χ0n) is 11.1. The van der Waals surface area contributed by atoms with Crippen LogP contribution in [0.1, 0.15) is 24.7 Å². The molecule has 0 N–H and O–H groups in total. The molecule has 0 saturated carbocycles. The van der Waals surface area contributed by atoms with Crippen molar-refractivity contribution in [2.45, 2.75) is 43.6 Å². The van der Waals surface area contributed by atoms with Crippen molar-refractivity contribution < 1.29 is 4.57 Å². The minimum Gasteiger partial charge on any atom is -0.233 e. The molecule has 2 nitrogen and oxygen atoms in total. The summed E-state index contributed by atoms with van der Waals surface area (Å²) in [6, 6.07) is 8.14. The molecular formula is C15H18ClN2S+. The maximum Gasteiger partial charge on any atom is 0.257 e. The van der Waals surface area contributed by atoms with E-state index in [2.05, 4.69) is 34.4 Å². The highest BCUT2D eigenvalue weighted by molar-refractivity contribution is 7.98. The number of aromatic nitrogens is 2. The predicted molar refractivity (Wildman–Crippen MR) is 79.6 cm³/mol. The van der Waals surface area contributed by atoms with Gasteiger partial charge >= 0.3 is 0 Å². The molecule has 100 valence electrons. The number of hydrogen-bond donors (Lipinski definition) is 0. The zero-order chi connectivity index (χ0) is 13.2. The molecule has 0 amide bonds. The molecule has 0 spiro atoms. The van der Waals surface area contributed by atoms with E-state index in [-0.39, 0.29) is 0 Å². The van der Waals surface area contributed by atoms with Crippen LogP contribution < -0.4 is 4.57 Å². The Morgan fingerprint density at radius 3 is 2.84 bits per heavy atom. The van der Waals surface area contributed by atoms with Gasteiger partial charge in [-0.1, -0.05) is 35.5 Å². The summed E-state index contributed by atoms with van der Waals surface area (Å²) in [4.78, 5) is 0. The first-order valence-electron chi connectivity index (χ1n) is 6.77. The van der Waals surface area contributed by atoms with Crippen molar-refractivity contribution in [2.24, 2.45) is 0 Å². The van der Waals surface area contributed by atoms with Crippen molar-refractivity contribution >= 4 is 23.4 Å². The van der Waals surface area contributed by atoms with Gasteiger partial charge < -0.3 is 0 Å². The summed E-state index contributed by atoms with van der Waals surface area (Å²) in [6.07, 6.45) is 4.82. The molecule has 0 fully saturated rings. The monoisotopic (exact) mass is 293 g/mol. The molecule has 1 aliphatic rings. The van der Waals surface area contributed by atoms with Crippen molar-refractivity contribution in [1.82, 2.24) is 4.57 Å². The van der Waals surface area contributed by atoms with Gasteiger partial charge in [0.05, 0.1) is 19.5 Å². The number of nitrogens with zero attached hydrogens (tertiary/aromatic N) is 2. The quantitative estimate of drug-likeness (QED) is 0.617. The van der Waals surface area contributed by atoms with Gasteiger partial charge in [0.15, 0.2) is 0 Å². The van der Waals surface area contributed by atoms with E-state index in [0.717, 1.165) is 17.3 Å². The Kier molecular flexibility index (Phi) is 3.85. The summed E-state index contributed by atoms with van der Waals surface area (Å²) in [5.41, 5.74) is 1.32. The number of thioether (sulfide) groups is 1. The molecule has 0 saturated heterocycles. The van der Waals surface area contributed by atoms with Crippen LogP contribution in [0.25, 0.3) is 0 Å². The lowest BCUT2D eigenvalue weighted by Crippen LogP contribution is -2.30. The molecule has 19 heavy (non-hydrogen) atoms. The number of fused-ring (bicyclic) bond motifs is 1. The Bertz CT molecular complexity index is 575. The average Bonchev–Trinajstić information content (AvgIpc) is 2.98. The van der Waals surface area contributed by atoms with Crippen molar-refractivity contribution in [3.8, 4) is 0 Å². The number of rotatable bonds is 4. The Labute approximate surface area is 123 Å². The minimum absolute atomic E-state index is 0.806. The molecule has 0 aliphatic carbocycles. The van der Waals surface area contributed by atoms with Crippen LogP contribution in [0.3, 0.4) is 0 Å². The van der Waals surface area contributed by atoms with Crippen LogP contribution >= 0.6 is 23.4 Å². The second-order valence-corrected chi connectivity index (χ2v) is 6.27. The summed E-state index contributed by atoms with van der Waals surface area (Å²) in [5.74, 6) is 2.49. The van der Waals surface area contributed by atoms with Gasteiger partial charge in [-0.15, -0.1) is 0 Å². The molecule has 0 bridgehead atoms. The van der Waals surface area contributed by atoms with Crippen LogP contribution in [0, 0.1) is 0 Å². The van der Waals surface area contributed by atoms with Crippen LogP contribution in [0.5, 0.6) is 0 Å². The first-order valence-corrected chi connectivity index (χ1v) is 8.13. The van der Waals surface area contributed by atoms with Crippen molar-refractivity contribution in [3.63, 3.8) is 0 Å². The van der Waals surface area contributed by atoms with E-state index in [4.69, 9.17) is 11.6 Å². The lowest BCUT2D eigenvalue weighted by molar-refractivity contribution is -0.691. The summed E-state index contributed by atoms with van der Waals surface area (Å²) in [6.45, 7) is 4.47. The van der Waals surface area contributed by atoms with Crippen molar-refractivity contribution in [2.75, 3.05) is 0 Å². The standard InChI is InChI=1S/C15H18ClN2S/c1-2-18-14-4-3-9-17(14)10-15(18)19-11-12-5-7-13(16)8-6-12/h5-8,10H,2-4,9,11H2,1H3/q+1. The number of halogens is 1. The summed E-state index contributed by atoms with van der Waals surface area (Å²) in [7, 11) is 0. The van der Waals surface area contributed by atoms with Crippen LogP contribution in [0.4, 0.5) is 0 Å². The smallest absolute Gasteiger partial charge is 0.233 e. The number of aryl methyl sites for hydroxylation is 1. The first kappa shape index (κ1) is 13.1. The highest BCUT2D eigenvalue weighted by Gasteiger charge is 2.26. The van der Waals surface area contributed by atoms with Crippen LogP contribution in [0.15, 0.2) is 35.5 Å². The van der Waals surface area contributed by atoms with Crippen LogP contribution in [-0.2, 0) is 25.3 Å². The van der Waals surface area contributed by atoms with Gasteiger partial charge in [-0.05, 0) is 31.0 Å². The minimum atomic E-state index is 0.806. The van der Waals surface area contributed by atoms with Crippen molar-refractivity contribution in [1.29, 1.82) is 0 Å². The molecule has 2 heterocycles. The van der Waals surface area contributed by atoms with E-state index in [1.165, 1.54) is 35.8 Å². The van der Waals surface area contributed by atoms with Gasteiger partial charge in [0.2, 0.25) is 5.03 Å². The summed E-state index contributed by atoms with van der Waals surface area (Å²) < 4.78 is 4.86. The number of benzene rings is 1. The SMILES string of the molecule is CCn1c(SCc2ccc(Cl)cc2)c[n+]2c1CCC2. The van der Waals surface area contributed by atoms with E-state index < -0.39 is 0 Å². The Morgan fingerprint density at radius 1 is 1.32 bits per heavy atom. The fraction of sp³-hybridized carbons (Fsp3) is 0.400. The Balaban J connectivity index is 1.75. The predicted octanol–water partition coefficient (Wildman–Crippen LogP) is 3.69. The van der Waals surface area contributed by atoms with E-state index in [1.54, 1.807) is 0 Å². The Hall–Kier alpha value is -0.930. The van der Waals surface area contributed by atoms with Crippen LogP contribution in [-0.4, -0.2) is 4.57 Å². The second-order valence-electron chi connectivity index (χ2n) is 4.84. The number of hydrogen-bond acceptors (Lipinski definition) is 1. The van der Waals surface area contributed by atoms with Gasteiger partial charge in [-0.3, -0.25) is 0 Å². The average molecular weight is 294 g/mol. The van der Waals surface area contributed by atoms with E-state index >= 15 is 0 Å². The summed E-state index contributed by atoms with van der Waals surface area (Å²) in [5, 5.41) is 2.19. The van der Waals surface area contributed by atoms with Gasteiger partial charge in [0.25, 0.3) is 5.82 Å². The molecule has 4 heteroatoms. The molecule has 0 atom stereocenters. The lowest BCUT2D eigenvalue weighted by Gasteiger charge is -2.02. The fourth-order valence-electron chi connectivity index (χ4n) is 2.63. The van der Waals surface area contributed by atoms with Gasteiger partial charge in [0.1, 0.15) is 6.20 Å². The maximum atomic E-state index is 5.91. The third-order valence-corrected chi connectivity index (χ3v) is 4.94. The topological polar surface area (TPSA) is 8.81 Å². The largest absolute Gasteiger partial charge is 0.257 e. The number of imidazole rings is 1. The lowest BCUT2D eigenvalue weighted by atomic mass is 10.2. The highest BCUT2D eigenvalue weighted by Crippen LogP contribution is 2.25. The van der Waals surface area contributed by atoms with E-state index in [1.807, 2.05) is 23.9 Å². The molecule has 1 aliphatic heterocycles. The molecule has 2 aromatic rings. The summed E-state index contributed by atoms with van der Waals surface area (Å²) >= 11 is 7.83. The van der Waals surface area contributed by atoms with Crippen LogP contribution in [0.2, 0.25) is 5.02 Å². The molecule has 1 aromatic heterocycles. The molecule has 0 unspecified atom stereocenters. The first-order chi connectivity index (χ1) is 9.28. The van der Waals surface area contributed by atoms with E-state index in [0.29, 0.717) is 0 Å². The van der Waals surface area contributed by atoms with Gasteiger partial charge in [0, 0.05) is 10.8 Å². The maximum absolute atomic E-state index is 5.91. The van der Waals surface area contributed by atoms with E-state index in [9.17, 15) is 0 Å². The Morgan fingerprint density at radius 2 is 2.11 bits per heavy atom. The molecule has 1 aromatic carbocycles. The zero-order valence-corrected chi connectivity index (χ0v) is 12.7. The molecule has 3 rings (SSSR count). The fourth-order valence-corrected chi connectivity index (χ4v) is 3.86. The third kappa shape index (κ3) is 2.67. The molecule has 0 radical (unpaired) electrons. The second kappa shape index (κ2) is 5.59. The molecular weight excluding hydrogens is 276 g/mol. The normalized spacial score (nSPS) is 13.8. The third-order valence-electron chi connectivity index (χ3n) is 3.59. The van der Waals surface area contributed by atoms with Gasteiger partial charge in [-0.25, -0.2) is 9.13 Å². The van der Waals surface area contributed by atoms with Crippen molar-refractivity contribution in [3.05, 3.63) is 46.9 Å². The van der Waals surface area contributed by atoms with Gasteiger partial charge in [-0.2, -0.15) is 0 Å². The highest BCUT2D eigenvalue weighted by atomic mass is 35.5.